The fraction of sp³-hybridized carbons (Fsp3) is 0.296. The van der Waals surface area contributed by atoms with Crippen LogP contribution < -0.4 is 10.1 Å². The molecule has 2 aromatic carbocycles. The molecule has 172 valence electrons. The van der Waals surface area contributed by atoms with Gasteiger partial charge in [-0.25, -0.2) is 9.78 Å². The summed E-state index contributed by atoms with van der Waals surface area (Å²) in [4.78, 5) is 27.5. The van der Waals surface area contributed by atoms with E-state index < -0.39 is 11.7 Å². The van der Waals surface area contributed by atoms with E-state index in [1.165, 1.54) is 0 Å². The molecule has 1 amide bonds. The smallest absolute Gasteiger partial charge is 0.413 e. The number of aryl methyl sites for hydroxylation is 2. The highest BCUT2D eigenvalue weighted by Gasteiger charge is 2.18. The largest absolute Gasteiger partial charge is 0.489 e. The third-order valence-corrected chi connectivity index (χ3v) is 5.15. The molecule has 6 nitrogen and oxygen atoms in total. The zero-order valence-corrected chi connectivity index (χ0v) is 20.0. The van der Waals surface area contributed by atoms with E-state index in [1.807, 2.05) is 52.8 Å². The summed E-state index contributed by atoms with van der Waals surface area (Å²) in [5, 5.41) is 2.72. The molecular formula is C27H30N2O4. The van der Waals surface area contributed by atoms with Crippen LogP contribution in [0.1, 0.15) is 53.5 Å². The predicted octanol–water partition coefficient (Wildman–Crippen LogP) is 6.41. The first-order chi connectivity index (χ1) is 15.6. The number of carbonyl (C=O) groups excluding carboxylic acids is 2. The van der Waals surface area contributed by atoms with Crippen LogP contribution in [0.2, 0.25) is 0 Å². The summed E-state index contributed by atoms with van der Waals surface area (Å²) in [6.07, 6.45) is 0.280. The lowest BCUT2D eigenvalue weighted by molar-refractivity contribution is 0.0635. The number of anilines is 1. The molecule has 0 fully saturated rings. The number of rotatable bonds is 6. The molecule has 1 aromatic heterocycles. The van der Waals surface area contributed by atoms with Gasteiger partial charge >= 0.3 is 6.09 Å². The van der Waals surface area contributed by atoms with Crippen molar-refractivity contribution in [3.8, 4) is 16.9 Å². The lowest BCUT2D eigenvalue weighted by atomic mass is 9.93. The van der Waals surface area contributed by atoms with Gasteiger partial charge in [-0.15, -0.1) is 0 Å². The van der Waals surface area contributed by atoms with Crippen molar-refractivity contribution in [2.75, 3.05) is 5.32 Å². The van der Waals surface area contributed by atoms with Crippen LogP contribution in [0.3, 0.4) is 0 Å². The Balaban J connectivity index is 1.82. The molecule has 0 aliphatic carbocycles. The first-order valence-electron chi connectivity index (χ1n) is 10.8. The molecule has 0 radical (unpaired) electrons. The molecule has 0 aliphatic rings. The zero-order chi connectivity index (χ0) is 24.2. The zero-order valence-electron chi connectivity index (χ0n) is 20.0. The minimum absolute atomic E-state index is 0.407. The Morgan fingerprint density at radius 3 is 2.36 bits per heavy atom. The Kier molecular flexibility index (Phi) is 7.16. The van der Waals surface area contributed by atoms with Gasteiger partial charge in [0.1, 0.15) is 30.1 Å². The monoisotopic (exact) mass is 446 g/mol. The average molecular weight is 447 g/mol. The number of hydrogen-bond acceptors (Lipinski definition) is 5. The fourth-order valence-corrected chi connectivity index (χ4v) is 3.63. The number of nitrogens with zero attached hydrogens (tertiary/aromatic N) is 1. The number of nitrogens with one attached hydrogen (secondary N) is 1. The van der Waals surface area contributed by atoms with Crippen LogP contribution in [-0.4, -0.2) is 23.0 Å². The van der Waals surface area contributed by atoms with Crippen LogP contribution in [0, 0.1) is 20.8 Å². The Morgan fingerprint density at radius 2 is 1.76 bits per heavy atom. The van der Waals surface area contributed by atoms with Crippen LogP contribution in [0.25, 0.3) is 11.1 Å². The Morgan fingerprint density at radius 1 is 1.06 bits per heavy atom. The van der Waals surface area contributed by atoms with Crippen LogP contribution in [0.5, 0.6) is 5.75 Å². The van der Waals surface area contributed by atoms with E-state index in [0.717, 1.165) is 39.8 Å². The van der Waals surface area contributed by atoms with E-state index in [1.54, 1.807) is 24.3 Å². The number of amides is 1. The summed E-state index contributed by atoms with van der Waals surface area (Å²) in [5.74, 6) is 1.16. The Bertz CT molecular complexity index is 1140. The summed E-state index contributed by atoms with van der Waals surface area (Å²) in [5.41, 5.74) is 6.10. The minimum Gasteiger partial charge on any atom is -0.489 e. The maximum Gasteiger partial charge on any atom is 0.413 e. The first kappa shape index (κ1) is 24.0. The van der Waals surface area contributed by atoms with E-state index in [2.05, 4.69) is 23.3 Å². The van der Waals surface area contributed by atoms with Crippen LogP contribution in [-0.2, 0) is 11.3 Å². The van der Waals surface area contributed by atoms with Crippen molar-refractivity contribution in [1.29, 1.82) is 0 Å². The third-order valence-electron chi connectivity index (χ3n) is 5.15. The third kappa shape index (κ3) is 6.19. The SMILES string of the molecule is Cc1cc(NC(=O)OC(C)(C)C)nc(C)c1-c1cccc(COc2ccc(C=O)cc2)c1C. The number of ether oxygens (including phenoxy) is 2. The second-order valence-corrected chi connectivity index (χ2v) is 8.98. The van der Waals surface area contributed by atoms with Gasteiger partial charge in [0, 0.05) is 16.8 Å². The first-order valence-corrected chi connectivity index (χ1v) is 10.8. The quantitative estimate of drug-likeness (QED) is 0.443. The number of aromatic nitrogens is 1. The Hall–Kier alpha value is -3.67. The van der Waals surface area contributed by atoms with Crippen molar-refractivity contribution < 1.29 is 19.1 Å². The van der Waals surface area contributed by atoms with Crippen LogP contribution in [0.15, 0.2) is 48.5 Å². The molecule has 0 aliphatic heterocycles. The molecule has 1 heterocycles. The number of carbonyl (C=O) groups is 2. The predicted molar refractivity (Wildman–Crippen MR) is 130 cm³/mol. The summed E-state index contributed by atoms with van der Waals surface area (Å²) in [6, 6.07) is 15.0. The van der Waals surface area contributed by atoms with Gasteiger partial charge in [0.2, 0.25) is 0 Å². The van der Waals surface area contributed by atoms with Gasteiger partial charge in [0.15, 0.2) is 0 Å². The highest BCUT2D eigenvalue weighted by molar-refractivity contribution is 5.85. The number of pyridine rings is 1. The number of benzene rings is 2. The van der Waals surface area contributed by atoms with E-state index in [-0.39, 0.29) is 0 Å². The molecular weight excluding hydrogens is 416 g/mol. The average Bonchev–Trinajstić information content (AvgIpc) is 2.72. The van der Waals surface area contributed by atoms with Gasteiger partial charge in [-0.3, -0.25) is 10.1 Å². The van der Waals surface area contributed by atoms with E-state index in [4.69, 9.17) is 9.47 Å². The minimum atomic E-state index is -0.579. The molecule has 3 aromatic rings. The molecule has 0 atom stereocenters. The fourth-order valence-electron chi connectivity index (χ4n) is 3.63. The molecule has 33 heavy (non-hydrogen) atoms. The molecule has 3 rings (SSSR count). The van der Waals surface area contributed by atoms with Crippen molar-refractivity contribution in [1.82, 2.24) is 4.98 Å². The number of aldehydes is 1. The van der Waals surface area contributed by atoms with Gasteiger partial charge in [-0.05, 0) is 94.1 Å². The van der Waals surface area contributed by atoms with Gasteiger partial charge in [0.05, 0.1) is 0 Å². The molecule has 6 heteroatoms. The van der Waals surface area contributed by atoms with E-state index in [9.17, 15) is 9.59 Å². The second kappa shape index (κ2) is 9.86. The molecule has 1 N–H and O–H groups in total. The maximum absolute atomic E-state index is 12.1. The van der Waals surface area contributed by atoms with E-state index in [0.29, 0.717) is 23.7 Å². The summed E-state index contributed by atoms with van der Waals surface area (Å²) >= 11 is 0. The van der Waals surface area contributed by atoms with Crippen molar-refractivity contribution in [3.63, 3.8) is 0 Å². The van der Waals surface area contributed by atoms with Gasteiger partial charge in [-0.2, -0.15) is 0 Å². The summed E-state index contributed by atoms with van der Waals surface area (Å²) < 4.78 is 11.3. The highest BCUT2D eigenvalue weighted by atomic mass is 16.6. The molecule has 0 saturated carbocycles. The summed E-state index contributed by atoms with van der Waals surface area (Å²) in [7, 11) is 0. The van der Waals surface area contributed by atoms with Gasteiger partial charge in [0.25, 0.3) is 0 Å². The van der Waals surface area contributed by atoms with Crippen molar-refractivity contribution >= 4 is 18.2 Å². The van der Waals surface area contributed by atoms with Crippen molar-refractivity contribution in [3.05, 3.63) is 76.5 Å². The second-order valence-electron chi connectivity index (χ2n) is 8.98. The molecule has 0 saturated heterocycles. The maximum atomic E-state index is 12.1. The Labute approximate surface area is 195 Å². The molecule has 0 bridgehead atoms. The van der Waals surface area contributed by atoms with E-state index >= 15 is 0 Å². The topological polar surface area (TPSA) is 77.5 Å². The summed E-state index contributed by atoms with van der Waals surface area (Å²) in [6.45, 7) is 11.9. The van der Waals surface area contributed by atoms with Crippen LogP contribution in [0.4, 0.5) is 10.6 Å². The van der Waals surface area contributed by atoms with Gasteiger partial charge < -0.3 is 9.47 Å². The highest BCUT2D eigenvalue weighted by Crippen LogP contribution is 2.32. The normalized spacial score (nSPS) is 11.1. The number of hydrogen-bond donors (Lipinski definition) is 1. The van der Waals surface area contributed by atoms with Crippen LogP contribution >= 0.6 is 0 Å². The standard InChI is InChI=1S/C27H30N2O4/c1-17-14-24(29-26(31)33-27(4,5)6)28-19(3)25(17)23-9-7-8-21(18(23)2)16-32-22-12-10-20(15-30)11-13-22/h7-15H,16H2,1-6H3,(H,28,29,31). The molecule has 0 spiro atoms. The lowest BCUT2D eigenvalue weighted by Gasteiger charge is -2.20. The molecule has 0 unspecified atom stereocenters. The lowest BCUT2D eigenvalue weighted by Crippen LogP contribution is -2.27. The van der Waals surface area contributed by atoms with Crippen molar-refractivity contribution in [2.24, 2.45) is 0 Å². The van der Waals surface area contributed by atoms with Gasteiger partial charge in [-0.1, -0.05) is 18.2 Å². The van der Waals surface area contributed by atoms with Crippen molar-refractivity contribution in [2.45, 2.75) is 53.8 Å².